The van der Waals surface area contributed by atoms with E-state index >= 15 is 0 Å². The van der Waals surface area contributed by atoms with Crippen molar-refractivity contribution in [3.05, 3.63) is 65.0 Å². The first-order chi connectivity index (χ1) is 11.7. The van der Waals surface area contributed by atoms with Crippen LogP contribution >= 0.6 is 11.6 Å². The van der Waals surface area contributed by atoms with Crippen LogP contribution in [0.2, 0.25) is 5.15 Å². The number of rotatable bonds is 4. The van der Waals surface area contributed by atoms with Gasteiger partial charge in [-0.2, -0.15) is 5.10 Å². The van der Waals surface area contributed by atoms with Gasteiger partial charge in [0, 0.05) is 29.4 Å². The zero-order chi connectivity index (χ0) is 16.7. The van der Waals surface area contributed by atoms with Gasteiger partial charge < -0.3 is 0 Å². The summed E-state index contributed by atoms with van der Waals surface area (Å²) in [6.07, 6.45) is 3.71. The Morgan fingerprint density at radius 2 is 2.00 bits per heavy atom. The van der Waals surface area contributed by atoms with Crippen molar-refractivity contribution in [2.45, 2.75) is 25.4 Å². The maximum Gasteiger partial charge on any atom is 0.132 e. The van der Waals surface area contributed by atoms with Crippen molar-refractivity contribution in [3.8, 4) is 16.8 Å². The number of aromatic nitrogens is 3. The van der Waals surface area contributed by atoms with Crippen LogP contribution in [0.3, 0.4) is 0 Å². The first-order valence-electron chi connectivity index (χ1n) is 7.72. The number of pyridine rings is 1. The van der Waals surface area contributed by atoms with Crippen molar-refractivity contribution in [2.75, 3.05) is 0 Å². The minimum absolute atomic E-state index is 0.365. The maximum absolute atomic E-state index is 13.8. The topological polar surface area (TPSA) is 30.7 Å². The average Bonchev–Trinajstić information content (AvgIpc) is 3.31. The zero-order valence-electron chi connectivity index (χ0n) is 12.7. The highest BCUT2D eigenvalue weighted by Crippen LogP contribution is 2.41. The van der Waals surface area contributed by atoms with Gasteiger partial charge in [0.05, 0.1) is 11.4 Å². The molecule has 3 nitrogen and oxygen atoms in total. The van der Waals surface area contributed by atoms with E-state index in [0.717, 1.165) is 29.7 Å². The van der Waals surface area contributed by atoms with E-state index in [1.807, 2.05) is 6.07 Å². The molecule has 6 heteroatoms. The van der Waals surface area contributed by atoms with Gasteiger partial charge in [-0.15, -0.1) is 0 Å². The van der Waals surface area contributed by atoms with E-state index in [0.29, 0.717) is 22.5 Å². The summed E-state index contributed by atoms with van der Waals surface area (Å²) in [7, 11) is 0. The van der Waals surface area contributed by atoms with Gasteiger partial charge in [-0.3, -0.25) is 0 Å². The molecule has 0 N–H and O–H groups in total. The lowest BCUT2D eigenvalue weighted by molar-refractivity contribution is 0.466. The van der Waals surface area contributed by atoms with Crippen LogP contribution in [0, 0.1) is 5.82 Å². The van der Waals surface area contributed by atoms with Crippen LogP contribution < -0.4 is 0 Å². The van der Waals surface area contributed by atoms with E-state index in [4.69, 9.17) is 11.6 Å². The van der Waals surface area contributed by atoms with Gasteiger partial charge in [-0.1, -0.05) is 11.6 Å². The molecule has 1 aliphatic rings. The highest BCUT2D eigenvalue weighted by Gasteiger charge is 2.26. The first-order valence-corrected chi connectivity index (χ1v) is 8.10. The molecule has 0 unspecified atom stereocenters. The van der Waals surface area contributed by atoms with Gasteiger partial charge in [0.15, 0.2) is 0 Å². The van der Waals surface area contributed by atoms with Gasteiger partial charge in [-0.25, -0.2) is 18.4 Å². The van der Waals surface area contributed by atoms with Crippen LogP contribution in [-0.4, -0.2) is 14.8 Å². The third kappa shape index (κ3) is 2.80. The second-order valence-corrected chi connectivity index (χ2v) is 6.29. The van der Waals surface area contributed by atoms with Gasteiger partial charge >= 0.3 is 0 Å². The van der Waals surface area contributed by atoms with E-state index in [-0.39, 0.29) is 0 Å². The predicted molar refractivity (Wildman–Crippen MR) is 88.6 cm³/mol. The van der Waals surface area contributed by atoms with Crippen LogP contribution in [-0.2, 0) is 6.67 Å². The predicted octanol–water partition coefficient (Wildman–Crippen LogP) is 5.07. The summed E-state index contributed by atoms with van der Waals surface area (Å²) in [5.41, 5.74) is 3.35. The van der Waals surface area contributed by atoms with Crippen molar-refractivity contribution in [3.63, 3.8) is 0 Å². The second-order valence-electron chi connectivity index (χ2n) is 5.91. The molecule has 1 fully saturated rings. The Labute approximate surface area is 142 Å². The summed E-state index contributed by atoms with van der Waals surface area (Å²) in [6.45, 7) is -0.680. The van der Waals surface area contributed by atoms with Crippen molar-refractivity contribution in [1.29, 1.82) is 0 Å². The summed E-state index contributed by atoms with van der Waals surface area (Å²) in [4.78, 5) is 4.37. The molecular formula is C18H14ClF2N3. The minimum Gasteiger partial charge on any atom is -0.244 e. The van der Waals surface area contributed by atoms with Crippen molar-refractivity contribution >= 4 is 11.6 Å². The van der Waals surface area contributed by atoms with Gasteiger partial charge in [0.25, 0.3) is 0 Å². The van der Waals surface area contributed by atoms with Gasteiger partial charge in [0.2, 0.25) is 0 Å². The molecule has 0 amide bonds. The molecule has 2 heterocycles. The molecule has 3 aromatic rings. The molecule has 0 atom stereocenters. The number of nitrogens with zero attached hydrogens (tertiary/aromatic N) is 3. The number of benzene rings is 1. The van der Waals surface area contributed by atoms with Crippen LogP contribution in [0.1, 0.15) is 30.1 Å². The van der Waals surface area contributed by atoms with E-state index in [1.54, 1.807) is 18.2 Å². The number of halogens is 3. The molecular weight excluding hydrogens is 332 g/mol. The highest BCUT2D eigenvalue weighted by atomic mass is 35.5. The van der Waals surface area contributed by atoms with E-state index in [1.165, 1.54) is 23.0 Å². The summed E-state index contributed by atoms with van der Waals surface area (Å²) in [5.74, 6) is 0.0362. The summed E-state index contributed by atoms with van der Waals surface area (Å²) < 4.78 is 28.4. The fourth-order valence-electron chi connectivity index (χ4n) is 2.83. The molecule has 0 aliphatic heterocycles. The molecule has 2 aromatic heterocycles. The van der Waals surface area contributed by atoms with Crippen molar-refractivity contribution in [1.82, 2.24) is 14.8 Å². The Morgan fingerprint density at radius 3 is 2.75 bits per heavy atom. The first kappa shape index (κ1) is 15.3. The number of hydrogen-bond donors (Lipinski definition) is 0. The monoisotopic (exact) mass is 345 g/mol. The third-order valence-corrected chi connectivity index (χ3v) is 4.36. The normalized spacial score (nSPS) is 14.1. The van der Waals surface area contributed by atoms with Gasteiger partial charge in [0.1, 0.15) is 17.6 Å². The Balaban J connectivity index is 1.90. The summed E-state index contributed by atoms with van der Waals surface area (Å²) >= 11 is 6.17. The van der Waals surface area contributed by atoms with E-state index in [9.17, 15) is 8.78 Å². The van der Waals surface area contributed by atoms with Crippen molar-refractivity contribution < 1.29 is 8.78 Å². The lowest BCUT2D eigenvalue weighted by Gasteiger charge is -2.13. The standard InChI is InChI=1S/C18H14ClF2N3/c19-18-8-12(7-16(23-18)11-1-2-11)15-4-3-13(21)9-17(15)24-14(10-20)5-6-22-24/h3-9,11H,1-2,10H2. The molecule has 4 rings (SSSR count). The SMILES string of the molecule is FCc1ccnn1-c1cc(F)ccc1-c1cc(Cl)nc(C2CC2)c1. The number of alkyl halides is 1. The minimum atomic E-state index is -0.680. The Bertz CT molecular complexity index is 903. The van der Waals surface area contributed by atoms with Crippen LogP contribution in [0.4, 0.5) is 8.78 Å². The smallest absolute Gasteiger partial charge is 0.132 e. The third-order valence-electron chi connectivity index (χ3n) is 4.17. The fourth-order valence-corrected chi connectivity index (χ4v) is 3.05. The molecule has 122 valence electrons. The molecule has 0 bridgehead atoms. The average molecular weight is 346 g/mol. The molecule has 24 heavy (non-hydrogen) atoms. The molecule has 0 spiro atoms. The molecule has 0 saturated heterocycles. The Kier molecular flexibility index (Phi) is 3.81. The Morgan fingerprint density at radius 1 is 1.17 bits per heavy atom. The summed E-state index contributed by atoms with van der Waals surface area (Å²) in [6, 6.07) is 9.68. The van der Waals surface area contributed by atoms with E-state index in [2.05, 4.69) is 10.1 Å². The number of hydrogen-bond acceptors (Lipinski definition) is 2. The van der Waals surface area contributed by atoms with E-state index < -0.39 is 12.5 Å². The fraction of sp³-hybridized carbons (Fsp3) is 0.222. The molecule has 1 aliphatic carbocycles. The molecule has 1 saturated carbocycles. The lowest BCUT2D eigenvalue weighted by Crippen LogP contribution is -2.04. The van der Waals surface area contributed by atoms with Gasteiger partial charge in [-0.05, 0) is 48.7 Å². The largest absolute Gasteiger partial charge is 0.244 e. The lowest BCUT2D eigenvalue weighted by atomic mass is 10.0. The van der Waals surface area contributed by atoms with Crippen LogP contribution in [0.25, 0.3) is 16.8 Å². The summed E-state index contributed by atoms with van der Waals surface area (Å²) in [5, 5.41) is 4.54. The second kappa shape index (κ2) is 5.98. The molecule has 0 radical (unpaired) electrons. The quantitative estimate of drug-likeness (QED) is 0.618. The maximum atomic E-state index is 13.8. The van der Waals surface area contributed by atoms with Crippen LogP contribution in [0.15, 0.2) is 42.6 Å². The highest BCUT2D eigenvalue weighted by molar-refractivity contribution is 6.29. The molecule has 1 aromatic carbocycles. The van der Waals surface area contributed by atoms with Crippen LogP contribution in [0.5, 0.6) is 0 Å². The Hall–Kier alpha value is -2.27. The van der Waals surface area contributed by atoms with Crippen molar-refractivity contribution in [2.24, 2.45) is 0 Å². The zero-order valence-corrected chi connectivity index (χ0v) is 13.5.